The van der Waals surface area contributed by atoms with Gasteiger partial charge in [-0.1, -0.05) is 31.2 Å². The van der Waals surface area contributed by atoms with Crippen molar-refractivity contribution in [2.24, 2.45) is 5.92 Å². The number of amides is 3. The first kappa shape index (κ1) is 19.7. The Hall–Kier alpha value is -2.08. The van der Waals surface area contributed by atoms with Crippen molar-refractivity contribution in [3.8, 4) is 0 Å². The lowest BCUT2D eigenvalue weighted by atomic mass is 9.93. The van der Waals surface area contributed by atoms with E-state index in [1.54, 1.807) is 19.0 Å². The van der Waals surface area contributed by atoms with E-state index in [9.17, 15) is 9.59 Å². The highest BCUT2D eigenvalue weighted by atomic mass is 16.2. The van der Waals surface area contributed by atoms with Crippen molar-refractivity contribution in [3.63, 3.8) is 0 Å². The molecule has 2 saturated heterocycles. The molecule has 0 aromatic heterocycles. The molecule has 0 radical (unpaired) electrons. The number of piperidine rings is 1. The maximum atomic E-state index is 13.3. The third-order valence-electron chi connectivity index (χ3n) is 5.80. The summed E-state index contributed by atoms with van der Waals surface area (Å²) < 4.78 is 0. The van der Waals surface area contributed by atoms with Crippen molar-refractivity contribution in [3.05, 3.63) is 35.4 Å². The first-order chi connectivity index (χ1) is 13.0. The topological polar surface area (TPSA) is 55.9 Å². The van der Waals surface area contributed by atoms with Gasteiger partial charge in [0.05, 0.1) is 6.04 Å². The smallest absolute Gasteiger partial charge is 0.319 e. The van der Waals surface area contributed by atoms with E-state index in [0.717, 1.165) is 38.9 Å². The lowest BCUT2D eigenvalue weighted by Crippen LogP contribution is -2.52. The van der Waals surface area contributed by atoms with Crippen LogP contribution in [0.25, 0.3) is 0 Å². The maximum Gasteiger partial charge on any atom is 0.319 e. The van der Waals surface area contributed by atoms with Crippen LogP contribution in [0.3, 0.4) is 0 Å². The van der Waals surface area contributed by atoms with E-state index >= 15 is 0 Å². The number of piperazine rings is 1. The van der Waals surface area contributed by atoms with E-state index in [2.05, 4.69) is 41.4 Å². The molecule has 0 spiro atoms. The SMILES string of the molecule is CCc1ccc(C2CNCCN2C(=O)C2CCN(C(=O)N(C)C)CC2)cc1. The molecular weight excluding hydrogens is 340 g/mol. The van der Waals surface area contributed by atoms with Gasteiger partial charge in [-0.05, 0) is 30.4 Å². The van der Waals surface area contributed by atoms with Crippen molar-refractivity contribution in [2.75, 3.05) is 46.8 Å². The molecular formula is C21H32N4O2. The van der Waals surface area contributed by atoms with Gasteiger partial charge in [0.25, 0.3) is 0 Å². The molecule has 6 nitrogen and oxygen atoms in total. The number of carbonyl (C=O) groups excluding carboxylic acids is 2. The normalized spacial score (nSPS) is 21.2. The minimum atomic E-state index is 0.0201. The quantitative estimate of drug-likeness (QED) is 0.884. The lowest BCUT2D eigenvalue weighted by molar-refractivity contribution is -0.140. The van der Waals surface area contributed by atoms with Crippen molar-refractivity contribution in [2.45, 2.75) is 32.2 Å². The Morgan fingerprint density at radius 2 is 1.78 bits per heavy atom. The molecule has 1 aromatic carbocycles. The minimum Gasteiger partial charge on any atom is -0.333 e. The molecule has 1 atom stereocenters. The Kier molecular flexibility index (Phi) is 6.37. The predicted molar refractivity (Wildman–Crippen MR) is 107 cm³/mol. The summed E-state index contributed by atoms with van der Waals surface area (Å²) in [5.74, 6) is 0.268. The highest BCUT2D eigenvalue weighted by Crippen LogP contribution is 2.28. The molecule has 27 heavy (non-hydrogen) atoms. The number of benzene rings is 1. The van der Waals surface area contributed by atoms with Gasteiger partial charge in [0.15, 0.2) is 0 Å². The fraction of sp³-hybridized carbons (Fsp3) is 0.619. The molecule has 148 valence electrons. The van der Waals surface area contributed by atoms with Crippen LogP contribution < -0.4 is 5.32 Å². The Balaban J connectivity index is 1.66. The summed E-state index contributed by atoms with van der Waals surface area (Å²) in [4.78, 5) is 30.9. The molecule has 3 rings (SSSR count). The predicted octanol–water partition coefficient (Wildman–Crippen LogP) is 2.12. The van der Waals surface area contributed by atoms with E-state index in [0.29, 0.717) is 13.1 Å². The van der Waals surface area contributed by atoms with Crippen LogP contribution in [0.4, 0.5) is 4.79 Å². The van der Waals surface area contributed by atoms with E-state index in [4.69, 9.17) is 0 Å². The Bertz CT molecular complexity index is 651. The van der Waals surface area contributed by atoms with Crippen LogP contribution in [0.1, 0.15) is 36.9 Å². The second-order valence-electron chi connectivity index (χ2n) is 7.79. The summed E-state index contributed by atoms with van der Waals surface area (Å²) in [6.07, 6.45) is 2.53. The number of hydrogen-bond acceptors (Lipinski definition) is 3. The molecule has 2 aliphatic rings. The van der Waals surface area contributed by atoms with Crippen LogP contribution in [0.5, 0.6) is 0 Å². The average Bonchev–Trinajstić information content (AvgIpc) is 2.73. The second kappa shape index (κ2) is 8.74. The van der Waals surface area contributed by atoms with E-state index in [1.165, 1.54) is 11.1 Å². The molecule has 1 N–H and O–H groups in total. The summed E-state index contributed by atoms with van der Waals surface area (Å²) in [6, 6.07) is 8.79. The largest absolute Gasteiger partial charge is 0.333 e. The van der Waals surface area contributed by atoms with Gasteiger partial charge in [-0.15, -0.1) is 0 Å². The standard InChI is InChI=1S/C21H32N4O2/c1-4-16-5-7-17(8-6-16)19-15-22-11-14-25(19)20(26)18-9-12-24(13-10-18)21(27)23(2)3/h5-8,18-19,22H,4,9-15H2,1-3H3. The fourth-order valence-corrected chi connectivity index (χ4v) is 4.08. The number of urea groups is 1. The van der Waals surface area contributed by atoms with Crippen LogP contribution >= 0.6 is 0 Å². The van der Waals surface area contributed by atoms with Crippen molar-refractivity contribution in [1.82, 2.24) is 20.0 Å². The number of likely N-dealkylation sites (tertiary alicyclic amines) is 1. The third-order valence-corrected chi connectivity index (χ3v) is 5.80. The highest BCUT2D eigenvalue weighted by molar-refractivity contribution is 5.80. The van der Waals surface area contributed by atoms with Gasteiger partial charge in [0.1, 0.15) is 0 Å². The average molecular weight is 373 g/mol. The van der Waals surface area contributed by atoms with Crippen LogP contribution in [0.15, 0.2) is 24.3 Å². The Morgan fingerprint density at radius 1 is 1.11 bits per heavy atom. The summed E-state index contributed by atoms with van der Waals surface area (Å²) in [5, 5.41) is 3.43. The van der Waals surface area contributed by atoms with E-state index in [-0.39, 0.29) is 23.9 Å². The third kappa shape index (κ3) is 4.43. The van der Waals surface area contributed by atoms with Gasteiger partial charge in [-0.25, -0.2) is 4.79 Å². The van der Waals surface area contributed by atoms with Gasteiger partial charge in [-0.3, -0.25) is 4.79 Å². The fourth-order valence-electron chi connectivity index (χ4n) is 4.08. The van der Waals surface area contributed by atoms with Crippen LogP contribution in [-0.4, -0.2) is 73.5 Å². The monoisotopic (exact) mass is 372 g/mol. The molecule has 0 bridgehead atoms. The molecule has 6 heteroatoms. The van der Waals surface area contributed by atoms with Gasteiger partial charge in [0, 0.05) is 52.7 Å². The maximum absolute atomic E-state index is 13.3. The summed E-state index contributed by atoms with van der Waals surface area (Å²) in [6.45, 7) is 5.86. The lowest BCUT2D eigenvalue weighted by Gasteiger charge is -2.40. The zero-order chi connectivity index (χ0) is 19.4. The summed E-state index contributed by atoms with van der Waals surface area (Å²) in [5.41, 5.74) is 2.52. The first-order valence-corrected chi connectivity index (χ1v) is 10.1. The Morgan fingerprint density at radius 3 is 2.37 bits per heavy atom. The minimum absolute atomic E-state index is 0.0201. The second-order valence-corrected chi connectivity index (χ2v) is 7.79. The molecule has 2 heterocycles. The van der Waals surface area contributed by atoms with Gasteiger partial charge >= 0.3 is 6.03 Å². The summed E-state index contributed by atoms with van der Waals surface area (Å²) >= 11 is 0. The zero-order valence-electron chi connectivity index (χ0n) is 16.8. The van der Waals surface area contributed by atoms with E-state index < -0.39 is 0 Å². The van der Waals surface area contributed by atoms with Gasteiger partial charge in [0.2, 0.25) is 5.91 Å². The zero-order valence-corrected chi connectivity index (χ0v) is 16.8. The highest BCUT2D eigenvalue weighted by Gasteiger charge is 2.35. The van der Waals surface area contributed by atoms with Crippen LogP contribution in [0.2, 0.25) is 0 Å². The van der Waals surface area contributed by atoms with Crippen molar-refractivity contribution >= 4 is 11.9 Å². The molecule has 2 aliphatic heterocycles. The number of aryl methyl sites for hydroxylation is 1. The number of rotatable bonds is 3. The van der Waals surface area contributed by atoms with Gasteiger partial charge in [-0.2, -0.15) is 0 Å². The van der Waals surface area contributed by atoms with Crippen LogP contribution in [0, 0.1) is 5.92 Å². The summed E-state index contributed by atoms with van der Waals surface area (Å²) in [7, 11) is 3.55. The van der Waals surface area contributed by atoms with Crippen LogP contribution in [-0.2, 0) is 11.2 Å². The first-order valence-electron chi connectivity index (χ1n) is 10.1. The van der Waals surface area contributed by atoms with Crippen molar-refractivity contribution in [1.29, 1.82) is 0 Å². The number of nitrogens with one attached hydrogen (secondary N) is 1. The van der Waals surface area contributed by atoms with Crippen molar-refractivity contribution < 1.29 is 9.59 Å². The molecule has 1 aromatic rings. The molecule has 0 saturated carbocycles. The molecule has 2 fully saturated rings. The van der Waals surface area contributed by atoms with Gasteiger partial charge < -0.3 is 20.0 Å². The Labute approximate surface area is 162 Å². The molecule has 1 unspecified atom stereocenters. The number of carbonyl (C=O) groups is 2. The number of hydrogen-bond donors (Lipinski definition) is 1. The number of nitrogens with zero attached hydrogens (tertiary/aromatic N) is 3. The molecule has 0 aliphatic carbocycles. The molecule has 3 amide bonds. The van der Waals surface area contributed by atoms with E-state index in [1.807, 2.05) is 4.90 Å².